The number of benzene rings is 1. The van der Waals surface area contributed by atoms with E-state index in [-0.39, 0.29) is 0 Å². The van der Waals surface area contributed by atoms with E-state index in [2.05, 4.69) is 54.6 Å². The molecule has 0 saturated heterocycles. The standard InChI is InChI=1S/C18H20N2/c1-5-15-7-9-16(10-8-15)13(3)20-18-12-11-17(6-2)19-14(18)4/h6-12,20H,2-3,5H2,1,4H3. The highest BCUT2D eigenvalue weighted by molar-refractivity contribution is 5.76. The average Bonchev–Trinajstić information content (AvgIpc) is 2.49. The molecule has 0 fully saturated rings. The predicted octanol–water partition coefficient (Wildman–Crippen LogP) is 4.68. The van der Waals surface area contributed by atoms with E-state index in [9.17, 15) is 0 Å². The third-order valence-corrected chi connectivity index (χ3v) is 3.31. The van der Waals surface area contributed by atoms with Crippen LogP contribution in [0.25, 0.3) is 11.8 Å². The van der Waals surface area contributed by atoms with Crippen LogP contribution in [0, 0.1) is 6.92 Å². The summed E-state index contributed by atoms with van der Waals surface area (Å²) in [5, 5.41) is 3.32. The third-order valence-electron chi connectivity index (χ3n) is 3.31. The quantitative estimate of drug-likeness (QED) is 0.848. The molecule has 20 heavy (non-hydrogen) atoms. The van der Waals surface area contributed by atoms with E-state index in [1.165, 1.54) is 5.56 Å². The number of rotatable bonds is 5. The van der Waals surface area contributed by atoms with Gasteiger partial charge < -0.3 is 5.32 Å². The van der Waals surface area contributed by atoms with E-state index in [0.717, 1.165) is 34.8 Å². The Balaban J connectivity index is 2.16. The number of aromatic nitrogens is 1. The molecule has 1 N–H and O–H groups in total. The first-order valence-corrected chi connectivity index (χ1v) is 6.79. The minimum absolute atomic E-state index is 0.879. The van der Waals surface area contributed by atoms with Gasteiger partial charge in [0.05, 0.1) is 17.1 Å². The van der Waals surface area contributed by atoms with Crippen molar-refractivity contribution in [3.63, 3.8) is 0 Å². The zero-order valence-electron chi connectivity index (χ0n) is 12.1. The van der Waals surface area contributed by atoms with Crippen molar-refractivity contribution in [3.8, 4) is 0 Å². The molecule has 1 heterocycles. The van der Waals surface area contributed by atoms with Gasteiger partial charge in [-0.05, 0) is 42.7 Å². The van der Waals surface area contributed by atoms with Crippen LogP contribution in [0.4, 0.5) is 5.69 Å². The van der Waals surface area contributed by atoms with Crippen LogP contribution in [0.3, 0.4) is 0 Å². The SMILES string of the molecule is C=Cc1ccc(NC(=C)c2ccc(CC)cc2)c(C)n1. The molecular weight excluding hydrogens is 244 g/mol. The van der Waals surface area contributed by atoms with Gasteiger partial charge in [-0.15, -0.1) is 0 Å². The first-order valence-electron chi connectivity index (χ1n) is 6.79. The zero-order chi connectivity index (χ0) is 14.5. The molecule has 2 aromatic rings. The zero-order valence-corrected chi connectivity index (χ0v) is 12.1. The van der Waals surface area contributed by atoms with Crippen LogP contribution in [-0.4, -0.2) is 4.98 Å². The van der Waals surface area contributed by atoms with Crippen molar-refractivity contribution in [2.24, 2.45) is 0 Å². The van der Waals surface area contributed by atoms with Crippen molar-refractivity contribution in [3.05, 3.63) is 72.1 Å². The largest absolute Gasteiger partial charge is 0.354 e. The lowest BCUT2D eigenvalue weighted by Crippen LogP contribution is -2.01. The lowest BCUT2D eigenvalue weighted by molar-refractivity contribution is 1.14. The number of hydrogen-bond acceptors (Lipinski definition) is 2. The van der Waals surface area contributed by atoms with E-state index >= 15 is 0 Å². The fraction of sp³-hybridized carbons (Fsp3) is 0.167. The highest BCUT2D eigenvalue weighted by Gasteiger charge is 2.03. The Morgan fingerprint density at radius 2 is 1.90 bits per heavy atom. The molecule has 0 spiro atoms. The number of pyridine rings is 1. The molecule has 0 aliphatic rings. The summed E-state index contributed by atoms with van der Waals surface area (Å²) in [7, 11) is 0. The molecule has 0 atom stereocenters. The molecule has 2 nitrogen and oxygen atoms in total. The Bertz CT molecular complexity index is 624. The summed E-state index contributed by atoms with van der Waals surface area (Å²) in [6, 6.07) is 12.4. The van der Waals surface area contributed by atoms with Crippen molar-refractivity contribution >= 4 is 17.5 Å². The van der Waals surface area contributed by atoms with Crippen LogP contribution in [0.5, 0.6) is 0 Å². The van der Waals surface area contributed by atoms with E-state index in [0.29, 0.717) is 0 Å². The van der Waals surface area contributed by atoms with Crippen LogP contribution in [0.1, 0.15) is 29.4 Å². The molecule has 0 bridgehead atoms. The van der Waals surface area contributed by atoms with Crippen LogP contribution < -0.4 is 5.32 Å². The summed E-state index contributed by atoms with van der Waals surface area (Å²) < 4.78 is 0. The van der Waals surface area contributed by atoms with E-state index < -0.39 is 0 Å². The van der Waals surface area contributed by atoms with Gasteiger partial charge in [0.25, 0.3) is 0 Å². The number of nitrogens with one attached hydrogen (secondary N) is 1. The predicted molar refractivity (Wildman–Crippen MR) is 87.5 cm³/mol. The third kappa shape index (κ3) is 3.15. The van der Waals surface area contributed by atoms with Gasteiger partial charge in [0.15, 0.2) is 0 Å². The smallest absolute Gasteiger partial charge is 0.0628 e. The van der Waals surface area contributed by atoms with E-state index in [4.69, 9.17) is 0 Å². The Morgan fingerprint density at radius 3 is 2.45 bits per heavy atom. The summed E-state index contributed by atoms with van der Waals surface area (Å²) >= 11 is 0. The summed E-state index contributed by atoms with van der Waals surface area (Å²) in [4.78, 5) is 4.44. The molecule has 0 radical (unpaired) electrons. The first kappa shape index (κ1) is 14.1. The molecule has 0 aliphatic carbocycles. The molecule has 102 valence electrons. The number of aryl methyl sites for hydroxylation is 2. The van der Waals surface area contributed by atoms with Gasteiger partial charge in [0.2, 0.25) is 0 Å². The van der Waals surface area contributed by atoms with Crippen LogP contribution in [0.2, 0.25) is 0 Å². The minimum Gasteiger partial charge on any atom is -0.354 e. The van der Waals surface area contributed by atoms with Gasteiger partial charge in [-0.1, -0.05) is 44.3 Å². The molecule has 1 aromatic carbocycles. The number of nitrogens with zero attached hydrogens (tertiary/aromatic N) is 1. The molecule has 0 saturated carbocycles. The highest BCUT2D eigenvalue weighted by Crippen LogP contribution is 2.20. The second-order valence-corrected chi connectivity index (χ2v) is 4.73. The maximum Gasteiger partial charge on any atom is 0.0628 e. The fourth-order valence-electron chi connectivity index (χ4n) is 2.00. The number of hydrogen-bond donors (Lipinski definition) is 1. The van der Waals surface area contributed by atoms with Gasteiger partial charge >= 0.3 is 0 Å². The van der Waals surface area contributed by atoms with Crippen molar-refractivity contribution in [2.75, 3.05) is 5.32 Å². The second kappa shape index (κ2) is 6.20. The molecule has 0 amide bonds. The number of anilines is 1. The van der Waals surface area contributed by atoms with Crippen molar-refractivity contribution < 1.29 is 0 Å². The lowest BCUT2D eigenvalue weighted by Gasteiger charge is -2.12. The van der Waals surface area contributed by atoms with Crippen molar-refractivity contribution in [1.29, 1.82) is 0 Å². The van der Waals surface area contributed by atoms with Crippen molar-refractivity contribution in [2.45, 2.75) is 20.3 Å². The maximum absolute atomic E-state index is 4.44. The monoisotopic (exact) mass is 264 g/mol. The van der Waals surface area contributed by atoms with E-state index in [1.807, 2.05) is 19.1 Å². The maximum atomic E-state index is 4.44. The minimum atomic E-state index is 0.879. The van der Waals surface area contributed by atoms with Gasteiger partial charge in [-0.2, -0.15) is 0 Å². The van der Waals surface area contributed by atoms with E-state index in [1.54, 1.807) is 6.08 Å². The van der Waals surface area contributed by atoms with Gasteiger partial charge in [0, 0.05) is 5.70 Å². The van der Waals surface area contributed by atoms with Crippen molar-refractivity contribution in [1.82, 2.24) is 4.98 Å². The van der Waals surface area contributed by atoms with Gasteiger partial charge in [-0.3, -0.25) is 4.98 Å². The Morgan fingerprint density at radius 1 is 1.20 bits per heavy atom. The summed E-state index contributed by atoms with van der Waals surface area (Å²) in [5.74, 6) is 0. The van der Waals surface area contributed by atoms with Crippen LogP contribution in [-0.2, 0) is 6.42 Å². The van der Waals surface area contributed by atoms with Crippen LogP contribution in [0.15, 0.2) is 49.6 Å². The second-order valence-electron chi connectivity index (χ2n) is 4.73. The summed E-state index contributed by atoms with van der Waals surface area (Å²) in [6.07, 6.45) is 2.79. The molecule has 2 heteroatoms. The summed E-state index contributed by atoms with van der Waals surface area (Å²) in [5.41, 5.74) is 6.09. The first-order chi connectivity index (χ1) is 9.63. The fourth-order valence-corrected chi connectivity index (χ4v) is 2.00. The molecule has 0 aliphatic heterocycles. The summed E-state index contributed by atoms with van der Waals surface area (Å²) in [6.45, 7) is 12.0. The molecule has 1 aromatic heterocycles. The normalized spacial score (nSPS) is 10.1. The van der Waals surface area contributed by atoms with Gasteiger partial charge in [0.1, 0.15) is 0 Å². The molecular formula is C18H20N2. The molecule has 2 rings (SSSR count). The Labute approximate surface area is 120 Å². The lowest BCUT2D eigenvalue weighted by atomic mass is 10.1. The Hall–Kier alpha value is -2.35. The highest BCUT2D eigenvalue weighted by atomic mass is 14.9. The topological polar surface area (TPSA) is 24.9 Å². The van der Waals surface area contributed by atoms with Crippen LogP contribution >= 0.6 is 0 Å². The van der Waals surface area contributed by atoms with Gasteiger partial charge in [-0.25, -0.2) is 0 Å². The average molecular weight is 264 g/mol. The molecule has 0 unspecified atom stereocenters. The Kier molecular flexibility index (Phi) is 4.36.